The van der Waals surface area contributed by atoms with Crippen molar-refractivity contribution in [2.45, 2.75) is 46.8 Å². The lowest BCUT2D eigenvalue weighted by atomic mass is 10.2. The molecule has 2 aromatic carbocycles. The third kappa shape index (κ3) is 43.9. The predicted molar refractivity (Wildman–Crippen MR) is 475 cm³/mol. The molecule has 2 aromatic heterocycles. The fourth-order valence-corrected chi connectivity index (χ4v) is 9.41. The number of unbranched alkanes of at least 4 members (excludes halogenated alkanes) is 1. The summed E-state index contributed by atoms with van der Waals surface area (Å²) >= 11 is 0. The highest BCUT2D eigenvalue weighted by atomic mass is 16.7. The van der Waals surface area contributed by atoms with Gasteiger partial charge in [-0.25, -0.2) is 67.1 Å². The van der Waals surface area contributed by atoms with Crippen LogP contribution in [0.15, 0.2) is 309 Å². The molecule has 6 amide bonds. The van der Waals surface area contributed by atoms with Crippen molar-refractivity contribution in [1.82, 2.24) is 78.7 Å². The smallest absolute Gasteiger partial charge is 0.463 e. The minimum Gasteiger partial charge on any atom is -0.463 e. The van der Waals surface area contributed by atoms with Crippen LogP contribution < -0.4 is 90.3 Å². The molecule has 0 unspecified atom stereocenters. The zero-order valence-corrected chi connectivity index (χ0v) is 74.8. The van der Waals surface area contributed by atoms with E-state index in [1.165, 1.54) is 25.5 Å². The Kier molecular flexibility index (Phi) is 45.5. The van der Waals surface area contributed by atoms with Gasteiger partial charge >= 0.3 is 89.1 Å². The van der Waals surface area contributed by atoms with Gasteiger partial charge in [-0.2, -0.15) is 0 Å². The number of nitrogens with one attached hydrogen (secondary N) is 14. The summed E-state index contributed by atoms with van der Waals surface area (Å²) in [5.74, 6) is -16.1. The van der Waals surface area contributed by atoms with Crippen molar-refractivity contribution in [3.8, 4) is 11.5 Å². The first-order valence-corrected chi connectivity index (χ1v) is 40.4. The summed E-state index contributed by atoms with van der Waals surface area (Å²) in [7, 11) is 0. The summed E-state index contributed by atoms with van der Waals surface area (Å²) in [6.45, 7) is 29.3. The number of para-hydroxylation sites is 1. The quantitative estimate of drug-likeness (QED) is 0.00696. The Bertz CT molecular complexity index is 6160. The number of ether oxygens (including phenoxy) is 14. The largest absolute Gasteiger partial charge is 0.519 e. The zero-order valence-electron chi connectivity index (χ0n) is 74.8. The minimum absolute atomic E-state index is 0.0552. The van der Waals surface area contributed by atoms with Crippen LogP contribution in [0.3, 0.4) is 0 Å². The van der Waals surface area contributed by atoms with Crippen LogP contribution in [-0.2, 0) is 161 Å². The lowest BCUT2D eigenvalue weighted by molar-refractivity contribution is -0.167. The molecule has 0 atom stereocenters. The first-order valence-electron chi connectivity index (χ1n) is 40.4. The highest BCUT2D eigenvalue weighted by Gasteiger charge is 2.26. The third-order valence-corrected chi connectivity index (χ3v) is 16.0. The zero-order chi connectivity index (χ0) is 104. The van der Waals surface area contributed by atoms with Crippen LogP contribution in [-0.4, -0.2) is 174 Å². The summed E-state index contributed by atoms with van der Waals surface area (Å²) in [4.78, 5) is 257. The number of aryl methyl sites for hydroxylation is 1. The number of amides is 6. The molecule has 14 N–H and O–H groups in total. The summed E-state index contributed by atoms with van der Waals surface area (Å²) in [6.07, 6.45) is 19.5. The molecule has 7 aliphatic heterocycles. The lowest BCUT2D eigenvalue weighted by Gasteiger charge is -2.26. The first kappa shape index (κ1) is 111. The summed E-state index contributed by atoms with van der Waals surface area (Å²) in [6, 6.07) is 17.5. The van der Waals surface area contributed by atoms with Gasteiger partial charge in [-0.3, -0.25) is 48.2 Å². The predicted octanol–water partition coefficient (Wildman–Crippen LogP) is -1.01. The molecule has 4 aromatic rings. The summed E-state index contributed by atoms with van der Waals surface area (Å²) < 4.78 is 76.4. The van der Waals surface area contributed by atoms with Crippen LogP contribution in [0, 0.1) is 12.8 Å². The van der Waals surface area contributed by atoms with Crippen LogP contribution >= 0.6 is 0 Å². The lowest BCUT2D eigenvalue weighted by Crippen LogP contribution is -2.36. The van der Waals surface area contributed by atoms with Gasteiger partial charge in [0.25, 0.3) is 41.0 Å². The van der Waals surface area contributed by atoms with Crippen molar-refractivity contribution in [1.29, 1.82) is 0 Å². The second-order valence-corrected chi connectivity index (χ2v) is 27.3. The maximum Gasteiger partial charge on any atom is 0.519 e. The third-order valence-electron chi connectivity index (χ3n) is 16.0. The molecule has 746 valence electrons. The number of carbonyl (C=O) groups is 19. The van der Waals surface area contributed by atoms with Gasteiger partial charge in [0.05, 0.1) is 69.1 Å². The molecule has 142 heavy (non-hydrogen) atoms. The van der Waals surface area contributed by atoms with E-state index in [0.717, 1.165) is 137 Å². The summed E-state index contributed by atoms with van der Waals surface area (Å²) in [5, 5.41) is 29.3. The van der Waals surface area contributed by atoms with E-state index in [0.29, 0.717) is 17.9 Å². The number of aromatic amines is 2. The average Bonchev–Trinajstić information content (AvgIpc) is 1.37. The highest BCUT2D eigenvalue weighted by Crippen LogP contribution is 2.15. The van der Waals surface area contributed by atoms with Crippen LogP contribution in [0.2, 0.25) is 0 Å². The molecular formula is C89H87N15O38. The molecule has 9 heterocycles. The number of rotatable bonds is 32. The van der Waals surface area contributed by atoms with Crippen molar-refractivity contribution in [2.24, 2.45) is 5.92 Å². The number of carbonyl (C=O) groups excluding carboxylic acids is 19. The Hall–Kier alpha value is -19.9. The molecule has 0 bridgehead atoms. The van der Waals surface area contributed by atoms with E-state index in [9.17, 15) is 105 Å². The van der Waals surface area contributed by atoms with Crippen LogP contribution in [0.4, 0.5) is 0 Å². The number of nitrogens with zero attached hydrogens (tertiary/aromatic N) is 1. The fourth-order valence-electron chi connectivity index (χ4n) is 9.41. The maximum absolute atomic E-state index is 11.6. The standard InChI is InChI=1S/C17H23N3O6.C16H14N2O5.C15H12N2O5.C14H12N2O8.C14H16N2O7.C13H10N4O7/c1-13-18-12-14(17(23)19-13)26-16(22)5-4-15(21)25-9-3-2-6-20-7-10-24-11-8-20;1-11-17-9-13(16(21)18-11)23-15(20)8-7-14(19)22-10-12-5-3-2-4-6-12;1-10-16-9-12(15(20)17-10)22-14(19)8-7-13(18)21-11-5-3-2-4-6-11;1-7-10(24-14(20)22-7)6-21-11(17)3-4-12(18)23-9-5-15-8(2)16-13(9)19;1-8(2)14(20)22-7-21-11(17)4-5-12(18)23-10-6-15-9(3)16-13(10)19;1-6-14-4-7(11(20)16-6)23-9(18)2-3-10(19)24-8-5-15-13(22)17-12(8)21/h4-5,12,18H,1-3,6-11H2,(H,19,23);2-9,17H,1,10H2,(H,18,21);2-9,16H,1H2,(H,17,20);3-5,15H,2,6H2,1H3,(H,16,19);4-6,8,15H,3,7H2,1-2H3,(H,16,19);2-5,14H,1H2,(H,16,20)(H2,15,17,21,22)/b5-4+;2*8-7+;4-3+;5-4+;3-2+. The van der Waals surface area contributed by atoms with Gasteiger partial charge in [0.15, 0.2) is 18.1 Å². The number of benzene rings is 2. The normalized spacial score (nSPS) is 14.6. The van der Waals surface area contributed by atoms with Gasteiger partial charge in [-0.05, 0) is 44.0 Å². The Morgan fingerprint density at radius 1 is 0.380 bits per heavy atom. The monoisotopic (exact) mass is 1970 g/mol. The van der Waals surface area contributed by atoms with E-state index in [4.69, 9.17) is 47.4 Å². The molecule has 1 saturated heterocycles. The minimum atomic E-state index is -1.07. The Balaban J connectivity index is 0.000000261. The van der Waals surface area contributed by atoms with E-state index in [-0.39, 0.29) is 107 Å². The Morgan fingerprint density at radius 3 is 1.04 bits per heavy atom. The van der Waals surface area contributed by atoms with E-state index >= 15 is 0 Å². The molecule has 11 rings (SSSR count). The van der Waals surface area contributed by atoms with Crippen molar-refractivity contribution in [2.75, 3.05) is 46.2 Å². The molecule has 1 fully saturated rings. The number of morpholine rings is 1. The Labute approximate surface area is 799 Å². The fraction of sp³-hybridized carbons (Fsp3) is 0.169. The number of aromatic nitrogens is 2. The Morgan fingerprint density at radius 2 is 0.704 bits per heavy atom. The van der Waals surface area contributed by atoms with Crippen molar-refractivity contribution in [3.05, 3.63) is 334 Å². The molecule has 0 spiro atoms. The molecule has 7 aliphatic rings. The molecule has 53 heteroatoms. The number of hydrogen-bond donors (Lipinski definition) is 14. The second kappa shape index (κ2) is 58.3. The maximum atomic E-state index is 11.6. The van der Waals surface area contributed by atoms with Crippen molar-refractivity contribution in [3.63, 3.8) is 0 Å². The molecule has 0 saturated carbocycles. The van der Waals surface area contributed by atoms with Gasteiger partial charge in [0.2, 0.25) is 47.1 Å². The molecule has 0 radical (unpaired) electrons. The topological polar surface area (TPSA) is 710 Å². The molecular weight excluding hydrogens is 1890 g/mol. The SMILES string of the molecule is C=C1NC=C(OC(=O)/C=C/C(=O)OCCCCN2CCOCC2)C(=O)N1.C=C1NC=C(OC(=O)/C=C/C(=O)OCOC(=O)C(C)C)C(=O)N1.C=C1NC=C(OC(=O)/C=C/C(=O)OCc2ccccc2)C(=O)N1.C=C1NC=C(OC(=O)/C=C/C(=O)OCc2oc(=O)oc2C)C(=O)N1.C=C1NC=C(OC(=O)/C=C/C(=O)Oc2c[nH]c(=O)[nH]c2=O)C(=O)N1.C=C1NC=C(OC(=O)/C=C/C(=O)Oc2ccccc2)C(=O)N1. The first-order chi connectivity index (χ1) is 67.6. The van der Waals surface area contributed by atoms with Gasteiger partial charge in [-0.1, -0.05) is 102 Å². The molecule has 0 aliphatic carbocycles. The van der Waals surface area contributed by atoms with E-state index < -0.39 is 143 Å². The van der Waals surface area contributed by atoms with E-state index in [1.54, 1.807) is 56.3 Å². The van der Waals surface area contributed by atoms with Crippen LogP contribution in [0.5, 0.6) is 11.5 Å². The van der Waals surface area contributed by atoms with E-state index in [2.05, 4.69) is 141 Å². The van der Waals surface area contributed by atoms with Crippen molar-refractivity contribution < 1.29 is 166 Å². The molecule has 53 nitrogen and oxygen atoms in total. The average molecular weight is 1970 g/mol. The van der Waals surface area contributed by atoms with Crippen LogP contribution in [0.1, 0.15) is 43.8 Å². The van der Waals surface area contributed by atoms with Gasteiger partial charge < -0.3 is 144 Å². The van der Waals surface area contributed by atoms with Gasteiger partial charge in [0.1, 0.15) is 47.3 Å². The van der Waals surface area contributed by atoms with Gasteiger partial charge in [-0.15, -0.1) is 0 Å². The number of hydrogen-bond acceptors (Lipinski definition) is 45. The van der Waals surface area contributed by atoms with Crippen LogP contribution in [0.25, 0.3) is 0 Å². The number of esters is 13. The number of H-pyrrole nitrogens is 2. The van der Waals surface area contributed by atoms with Gasteiger partial charge in [0, 0.05) is 86.0 Å². The van der Waals surface area contributed by atoms with Crippen molar-refractivity contribution >= 4 is 113 Å². The highest BCUT2D eigenvalue weighted by molar-refractivity contribution is 6.03. The van der Waals surface area contributed by atoms with E-state index in [1.807, 2.05) is 23.2 Å². The second-order valence-electron chi connectivity index (χ2n) is 27.3. The summed E-state index contributed by atoms with van der Waals surface area (Å²) in [5.41, 5.74) is -0.861.